The summed E-state index contributed by atoms with van der Waals surface area (Å²) in [6, 6.07) is 0. The maximum atomic E-state index is 10.9. The molecule has 0 radical (unpaired) electrons. The van der Waals surface area contributed by atoms with Gasteiger partial charge in [-0.15, -0.1) is 0 Å². The minimum atomic E-state index is -0.216. The van der Waals surface area contributed by atoms with E-state index in [0.717, 1.165) is 5.56 Å². The Morgan fingerprint density at radius 1 is 1.80 bits per heavy atom. The summed E-state index contributed by atoms with van der Waals surface area (Å²) in [5.74, 6) is -0.216. The molecule has 0 aliphatic carbocycles. The van der Waals surface area contributed by atoms with Gasteiger partial charge in [-0.2, -0.15) is 0 Å². The van der Waals surface area contributed by atoms with Gasteiger partial charge in [-0.05, 0) is 6.92 Å². The van der Waals surface area contributed by atoms with Crippen molar-refractivity contribution in [1.82, 2.24) is 10.5 Å². The Morgan fingerprint density at radius 2 is 2.50 bits per heavy atom. The van der Waals surface area contributed by atoms with E-state index < -0.39 is 0 Å². The van der Waals surface area contributed by atoms with Gasteiger partial charge in [-0.1, -0.05) is 5.16 Å². The Bertz CT molecular complexity index is 242. The van der Waals surface area contributed by atoms with Crippen LogP contribution < -0.4 is 5.32 Å². The second kappa shape index (κ2) is 2.51. The highest BCUT2D eigenvalue weighted by atomic mass is 16.5. The molecule has 4 nitrogen and oxygen atoms in total. The van der Waals surface area contributed by atoms with Crippen molar-refractivity contribution in [1.29, 1.82) is 0 Å². The first-order chi connectivity index (χ1) is 4.75. The number of nitrogens with one attached hydrogen (secondary N) is 1. The first-order valence-corrected chi connectivity index (χ1v) is 2.88. The summed E-state index contributed by atoms with van der Waals surface area (Å²) >= 11 is 0. The van der Waals surface area contributed by atoms with Crippen LogP contribution in [0.25, 0.3) is 0 Å². The van der Waals surface area contributed by atoms with Crippen LogP contribution in [0.3, 0.4) is 0 Å². The molecule has 1 aromatic rings. The number of carbonyl (C=O) groups is 1. The summed E-state index contributed by atoms with van der Waals surface area (Å²) in [5.41, 5.74) is 1.10. The van der Waals surface area contributed by atoms with E-state index in [-0.39, 0.29) is 5.91 Å². The lowest BCUT2D eigenvalue weighted by Gasteiger charge is -1.91. The fourth-order valence-corrected chi connectivity index (χ4v) is 0.625. The maximum Gasteiger partial charge on any atom is 0.273 e. The van der Waals surface area contributed by atoms with Crippen molar-refractivity contribution in [2.45, 2.75) is 6.92 Å². The molecular formula is C6H8N2O2. The largest absolute Gasteiger partial charge is 0.364 e. The molecule has 10 heavy (non-hydrogen) atoms. The summed E-state index contributed by atoms with van der Waals surface area (Å²) in [6.45, 7) is 1.76. The third-order valence-electron chi connectivity index (χ3n) is 1.19. The molecule has 0 spiro atoms. The highest BCUT2D eigenvalue weighted by molar-refractivity contribution is 5.93. The monoisotopic (exact) mass is 140 g/mol. The molecule has 1 N–H and O–H groups in total. The van der Waals surface area contributed by atoms with E-state index in [9.17, 15) is 4.79 Å². The van der Waals surface area contributed by atoms with Gasteiger partial charge in [-0.25, -0.2) is 0 Å². The van der Waals surface area contributed by atoms with Gasteiger partial charge in [0.2, 0.25) is 0 Å². The number of rotatable bonds is 1. The van der Waals surface area contributed by atoms with Crippen molar-refractivity contribution < 1.29 is 9.32 Å². The number of aryl methyl sites for hydroxylation is 1. The second-order valence-electron chi connectivity index (χ2n) is 1.93. The van der Waals surface area contributed by atoms with Crippen molar-refractivity contribution in [3.63, 3.8) is 0 Å². The van der Waals surface area contributed by atoms with Crippen LogP contribution in [0, 0.1) is 6.92 Å². The highest BCUT2D eigenvalue weighted by Gasteiger charge is 2.09. The fraction of sp³-hybridized carbons (Fsp3) is 0.333. The predicted octanol–water partition coefficient (Wildman–Crippen LogP) is 0.343. The van der Waals surface area contributed by atoms with E-state index in [1.54, 1.807) is 14.0 Å². The van der Waals surface area contributed by atoms with E-state index in [2.05, 4.69) is 15.0 Å². The Morgan fingerprint density at radius 3 is 2.90 bits per heavy atom. The molecule has 0 saturated carbocycles. The Balaban J connectivity index is 2.93. The van der Waals surface area contributed by atoms with Crippen molar-refractivity contribution in [3.05, 3.63) is 17.5 Å². The summed E-state index contributed by atoms with van der Waals surface area (Å²) in [5, 5.41) is 5.95. The average Bonchev–Trinajstić information content (AvgIpc) is 2.34. The van der Waals surface area contributed by atoms with Gasteiger partial charge in [0.15, 0.2) is 5.69 Å². The molecule has 0 bridgehead atoms. The van der Waals surface area contributed by atoms with Gasteiger partial charge in [-0.3, -0.25) is 4.79 Å². The van der Waals surface area contributed by atoms with Gasteiger partial charge in [0.25, 0.3) is 5.91 Å². The van der Waals surface area contributed by atoms with Crippen molar-refractivity contribution in [2.24, 2.45) is 0 Å². The van der Waals surface area contributed by atoms with Gasteiger partial charge >= 0.3 is 0 Å². The van der Waals surface area contributed by atoms with Crippen LogP contribution in [0.2, 0.25) is 0 Å². The molecule has 1 amide bonds. The summed E-state index contributed by atoms with van der Waals surface area (Å²) in [6.07, 6.45) is 1.44. The second-order valence-corrected chi connectivity index (χ2v) is 1.93. The number of nitrogens with zero attached hydrogens (tertiary/aromatic N) is 1. The number of aromatic nitrogens is 1. The van der Waals surface area contributed by atoms with Gasteiger partial charge in [0, 0.05) is 12.6 Å². The van der Waals surface area contributed by atoms with E-state index in [1.165, 1.54) is 6.26 Å². The molecule has 0 saturated heterocycles. The minimum absolute atomic E-state index is 0.216. The topological polar surface area (TPSA) is 55.1 Å². The lowest BCUT2D eigenvalue weighted by Crippen LogP contribution is -2.18. The lowest BCUT2D eigenvalue weighted by atomic mass is 10.3. The minimum Gasteiger partial charge on any atom is -0.364 e. The zero-order chi connectivity index (χ0) is 7.56. The first-order valence-electron chi connectivity index (χ1n) is 2.88. The summed E-state index contributed by atoms with van der Waals surface area (Å²) in [7, 11) is 1.55. The smallest absolute Gasteiger partial charge is 0.273 e. The predicted molar refractivity (Wildman–Crippen MR) is 34.6 cm³/mol. The molecular weight excluding hydrogens is 132 g/mol. The van der Waals surface area contributed by atoms with E-state index in [1.807, 2.05) is 0 Å². The quantitative estimate of drug-likeness (QED) is 0.612. The van der Waals surface area contributed by atoms with Crippen LogP contribution in [-0.2, 0) is 0 Å². The van der Waals surface area contributed by atoms with Gasteiger partial charge < -0.3 is 9.84 Å². The van der Waals surface area contributed by atoms with Crippen LogP contribution in [-0.4, -0.2) is 18.1 Å². The molecule has 1 heterocycles. The molecule has 1 rings (SSSR count). The Kier molecular flexibility index (Phi) is 1.71. The van der Waals surface area contributed by atoms with Crippen LogP contribution in [0.4, 0.5) is 0 Å². The molecule has 1 aromatic heterocycles. The van der Waals surface area contributed by atoms with Crippen LogP contribution in [0.15, 0.2) is 10.8 Å². The van der Waals surface area contributed by atoms with Crippen molar-refractivity contribution >= 4 is 5.91 Å². The zero-order valence-electron chi connectivity index (χ0n) is 5.84. The Hall–Kier alpha value is -1.32. The molecule has 0 aromatic carbocycles. The number of hydrogen-bond donors (Lipinski definition) is 1. The SMILES string of the molecule is CNC(=O)c1nocc1C. The van der Waals surface area contributed by atoms with Crippen LogP contribution >= 0.6 is 0 Å². The van der Waals surface area contributed by atoms with Crippen LogP contribution in [0.5, 0.6) is 0 Å². The highest BCUT2D eigenvalue weighted by Crippen LogP contribution is 2.02. The normalized spacial score (nSPS) is 9.40. The van der Waals surface area contributed by atoms with Crippen LogP contribution in [0.1, 0.15) is 16.1 Å². The molecule has 0 unspecified atom stereocenters. The molecule has 0 fully saturated rings. The number of amides is 1. The third kappa shape index (κ3) is 1.00. The molecule has 0 aliphatic rings. The number of carbonyl (C=O) groups excluding carboxylic acids is 1. The zero-order valence-corrected chi connectivity index (χ0v) is 5.84. The number of hydrogen-bond acceptors (Lipinski definition) is 3. The van der Waals surface area contributed by atoms with E-state index in [4.69, 9.17) is 0 Å². The fourth-order valence-electron chi connectivity index (χ4n) is 0.625. The van der Waals surface area contributed by atoms with E-state index in [0.29, 0.717) is 5.69 Å². The summed E-state index contributed by atoms with van der Waals surface area (Å²) < 4.78 is 4.56. The molecule has 4 heteroatoms. The molecule has 0 aliphatic heterocycles. The van der Waals surface area contributed by atoms with Gasteiger partial charge in [0.1, 0.15) is 6.26 Å². The third-order valence-corrected chi connectivity index (χ3v) is 1.19. The molecule has 54 valence electrons. The Labute approximate surface area is 58.2 Å². The van der Waals surface area contributed by atoms with Gasteiger partial charge in [0.05, 0.1) is 0 Å². The van der Waals surface area contributed by atoms with E-state index >= 15 is 0 Å². The maximum absolute atomic E-state index is 10.9. The lowest BCUT2D eigenvalue weighted by molar-refractivity contribution is 0.0953. The first kappa shape index (κ1) is 6.80. The molecule has 0 atom stereocenters. The van der Waals surface area contributed by atoms with Crippen molar-refractivity contribution in [3.8, 4) is 0 Å². The summed E-state index contributed by atoms with van der Waals surface area (Å²) in [4.78, 5) is 10.9. The standard InChI is InChI=1S/C6H8N2O2/c1-4-3-10-8-5(4)6(9)7-2/h3H,1-2H3,(H,7,9). The van der Waals surface area contributed by atoms with Crippen molar-refractivity contribution in [2.75, 3.05) is 7.05 Å². The average molecular weight is 140 g/mol.